The van der Waals surface area contributed by atoms with Crippen molar-refractivity contribution in [2.75, 3.05) is 11.9 Å². The average Bonchev–Trinajstić information content (AvgIpc) is 2.35. The highest BCUT2D eigenvalue weighted by molar-refractivity contribution is 6.33. The van der Waals surface area contributed by atoms with Gasteiger partial charge in [0.2, 0.25) is 0 Å². The third kappa shape index (κ3) is 2.90. The van der Waals surface area contributed by atoms with Crippen molar-refractivity contribution in [3.63, 3.8) is 0 Å². The zero-order valence-electron chi connectivity index (χ0n) is 9.57. The summed E-state index contributed by atoms with van der Waals surface area (Å²) < 4.78 is 15.0. The van der Waals surface area contributed by atoms with Crippen LogP contribution < -0.4 is 10.9 Å². The molecule has 1 aromatic carbocycles. The third-order valence-corrected chi connectivity index (χ3v) is 2.83. The molecular formula is C13H12ClFN2O. The molecule has 0 spiro atoms. The van der Waals surface area contributed by atoms with Gasteiger partial charge in [0, 0.05) is 25.4 Å². The maximum absolute atomic E-state index is 13.4. The van der Waals surface area contributed by atoms with E-state index in [4.69, 9.17) is 11.6 Å². The van der Waals surface area contributed by atoms with Crippen LogP contribution >= 0.6 is 11.6 Å². The van der Waals surface area contributed by atoms with E-state index in [1.165, 1.54) is 12.1 Å². The predicted molar refractivity (Wildman–Crippen MR) is 70.6 cm³/mol. The molecule has 0 aliphatic carbocycles. The Bertz CT molecular complexity index is 577. The van der Waals surface area contributed by atoms with Gasteiger partial charge in [0.05, 0.1) is 10.7 Å². The molecule has 0 atom stereocenters. The number of benzene rings is 1. The molecule has 3 nitrogen and oxygen atoms in total. The summed E-state index contributed by atoms with van der Waals surface area (Å²) >= 11 is 5.87. The van der Waals surface area contributed by atoms with Gasteiger partial charge in [0.1, 0.15) is 5.82 Å². The lowest BCUT2D eigenvalue weighted by Gasteiger charge is -2.10. The van der Waals surface area contributed by atoms with Crippen molar-refractivity contribution in [1.82, 2.24) is 4.57 Å². The lowest BCUT2D eigenvalue weighted by Crippen LogP contribution is -2.22. The van der Waals surface area contributed by atoms with Crippen molar-refractivity contribution < 1.29 is 4.39 Å². The molecule has 1 N–H and O–H groups in total. The van der Waals surface area contributed by atoms with Crippen molar-refractivity contribution in [2.45, 2.75) is 6.54 Å². The van der Waals surface area contributed by atoms with E-state index in [1.54, 1.807) is 35.0 Å². The van der Waals surface area contributed by atoms with Gasteiger partial charge < -0.3 is 9.88 Å². The number of pyridine rings is 1. The molecule has 1 heterocycles. The van der Waals surface area contributed by atoms with Crippen molar-refractivity contribution >= 4 is 17.3 Å². The Kier molecular flexibility index (Phi) is 3.99. The topological polar surface area (TPSA) is 34.0 Å². The monoisotopic (exact) mass is 266 g/mol. The summed E-state index contributed by atoms with van der Waals surface area (Å²) in [6.45, 7) is 0.870. The molecule has 0 fully saturated rings. The fourth-order valence-electron chi connectivity index (χ4n) is 1.61. The minimum Gasteiger partial charge on any atom is -0.380 e. The predicted octanol–water partition coefficient (Wildman–Crippen LogP) is 2.75. The maximum atomic E-state index is 13.4. The van der Waals surface area contributed by atoms with Gasteiger partial charge in [-0.05, 0) is 18.2 Å². The smallest absolute Gasteiger partial charge is 0.250 e. The Hall–Kier alpha value is -1.81. The Labute approximate surface area is 109 Å². The minimum absolute atomic E-state index is 0.0843. The normalized spacial score (nSPS) is 10.3. The second-order valence-electron chi connectivity index (χ2n) is 3.76. The van der Waals surface area contributed by atoms with Gasteiger partial charge in [0.15, 0.2) is 0 Å². The quantitative estimate of drug-likeness (QED) is 0.923. The van der Waals surface area contributed by atoms with Crippen LogP contribution in [0.2, 0.25) is 5.02 Å². The second-order valence-corrected chi connectivity index (χ2v) is 4.16. The molecular weight excluding hydrogens is 255 g/mol. The summed E-state index contributed by atoms with van der Waals surface area (Å²) in [6.07, 6.45) is 1.69. The van der Waals surface area contributed by atoms with Crippen LogP contribution in [-0.2, 0) is 6.54 Å². The summed E-state index contributed by atoms with van der Waals surface area (Å²) in [4.78, 5) is 11.4. The number of nitrogens with zero attached hydrogens (tertiary/aromatic N) is 1. The van der Waals surface area contributed by atoms with Crippen molar-refractivity contribution in [1.29, 1.82) is 0 Å². The van der Waals surface area contributed by atoms with Gasteiger partial charge >= 0.3 is 0 Å². The summed E-state index contributed by atoms with van der Waals surface area (Å²) in [5.41, 5.74) is 0.182. The number of hydrogen-bond acceptors (Lipinski definition) is 2. The third-order valence-electron chi connectivity index (χ3n) is 2.52. The van der Waals surface area contributed by atoms with E-state index < -0.39 is 5.82 Å². The molecule has 2 rings (SSSR count). The highest BCUT2D eigenvalue weighted by atomic mass is 35.5. The molecule has 0 saturated carbocycles. The van der Waals surface area contributed by atoms with Crippen LogP contribution in [0.25, 0.3) is 0 Å². The summed E-state index contributed by atoms with van der Waals surface area (Å²) in [7, 11) is 0. The second kappa shape index (κ2) is 5.69. The SMILES string of the molecule is O=c1ccccn1CCNc1c(F)cccc1Cl. The lowest BCUT2D eigenvalue weighted by molar-refractivity contribution is 0.627. The first kappa shape index (κ1) is 12.6. The first-order chi connectivity index (χ1) is 8.68. The summed E-state index contributed by atoms with van der Waals surface area (Å²) in [5.74, 6) is -0.400. The van der Waals surface area contributed by atoms with Crippen LogP contribution in [0.15, 0.2) is 47.4 Å². The molecule has 1 aromatic heterocycles. The number of halogens is 2. The molecule has 0 aliphatic heterocycles. The molecule has 2 aromatic rings. The molecule has 0 unspecified atom stereocenters. The number of nitrogens with one attached hydrogen (secondary N) is 1. The van der Waals surface area contributed by atoms with Gasteiger partial charge in [-0.2, -0.15) is 0 Å². The Morgan fingerprint density at radius 1 is 1.22 bits per heavy atom. The number of hydrogen-bond donors (Lipinski definition) is 1. The molecule has 94 valence electrons. The van der Waals surface area contributed by atoms with Gasteiger partial charge in [-0.3, -0.25) is 4.79 Å². The average molecular weight is 267 g/mol. The van der Waals surface area contributed by atoms with Crippen molar-refractivity contribution in [3.8, 4) is 0 Å². The lowest BCUT2D eigenvalue weighted by atomic mass is 10.3. The van der Waals surface area contributed by atoms with Crippen LogP contribution in [0.5, 0.6) is 0 Å². The van der Waals surface area contributed by atoms with E-state index in [0.717, 1.165) is 0 Å². The Morgan fingerprint density at radius 2 is 2.06 bits per heavy atom. The maximum Gasteiger partial charge on any atom is 0.250 e. The number of anilines is 1. The molecule has 5 heteroatoms. The molecule has 0 amide bonds. The van der Waals surface area contributed by atoms with Crippen LogP contribution in [-0.4, -0.2) is 11.1 Å². The molecule has 0 aliphatic rings. The largest absolute Gasteiger partial charge is 0.380 e. The molecule has 18 heavy (non-hydrogen) atoms. The zero-order valence-corrected chi connectivity index (χ0v) is 10.3. The minimum atomic E-state index is -0.400. The molecule has 0 saturated heterocycles. The summed E-state index contributed by atoms with van der Waals surface area (Å²) in [5, 5.41) is 3.22. The number of para-hydroxylation sites is 1. The number of aromatic nitrogens is 1. The van der Waals surface area contributed by atoms with E-state index >= 15 is 0 Å². The van der Waals surface area contributed by atoms with Crippen LogP contribution in [0.4, 0.5) is 10.1 Å². The number of rotatable bonds is 4. The highest BCUT2D eigenvalue weighted by Gasteiger charge is 2.05. The zero-order chi connectivity index (χ0) is 13.0. The molecule has 0 radical (unpaired) electrons. The first-order valence-corrected chi connectivity index (χ1v) is 5.89. The van der Waals surface area contributed by atoms with Gasteiger partial charge in [0.25, 0.3) is 5.56 Å². The first-order valence-electron chi connectivity index (χ1n) is 5.52. The van der Waals surface area contributed by atoms with E-state index in [0.29, 0.717) is 18.1 Å². The van der Waals surface area contributed by atoms with E-state index in [1.807, 2.05) is 0 Å². The van der Waals surface area contributed by atoms with Gasteiger partial charge in [-0.15, -0.1) is 0 Å². The summed E-state index contributed by atoms with van der Waals surface area (Å²) in [6, 6.07) is 9.43. The van der Waals surface area contributed by atoms with E-state index in [-0.39, 0.29) is 11.2 Å². The highest BCUT2D eigenvalue weighted by Crippen LogP contribution is 2.24. The standard InChI is InChI=1S/C13H12ClFN2O/c14-10-4-3-5-11(15)13(10)16-7-9-17-8-2-1-6-12(17)18/h1-6,8,16H,7,9H2. The van der Waals surface area contributed by atoms with Crippen LogP contribution in [0.1, 0.15) is 0 Å². The fourth-order valence-corrected chi connectivity index (χ4v) is 1.84. The van der Waals surface area contributed by atoms with Crippen LogP contribution in [0.3, 0.4) is 0 Å². The van der Waals surface area contributed by atoms with Gasteiger partial charge in [-0.1, -0.05) is 23.7 Å². The van der Waals surface area contributed by atoms with E-state index in [9.17, 15) is 9.18 Å². The Morgan fingerprint density at radius 3 is 2.78 bits per heavy atom. The van der Waals surface area contributed by atoms with Gasteiger partial charge in [-0.25, -0.2) is 4.39 Å². The Balaban J connectivity index is 2.01. The fraction of sp³-hybridized carbons (Fsp3) is 0.154. The van der Waals surface area contributed by atoms with Crippen molar-refractivity contribution in [3.05, 3.63) is 63.8 Å². The van der Waals surface area contributed by atoms with E-state index in [2.05, 4.69) is 5.32 Å². The molecule has 0 bridgehead atoms. The van der Waals surface area contributed by atoms with Crippen molar-refractivity contribution in [2.24, 2.45) is 0 Å². The van der Waals surface area contributed by atoms with Crippen LogP contribution in [0, 0.1) is 5.82 Å².